The van der Waals surface area contributed by atoms with E-state index in [9.17, 15) is 22.8 Å². The predicted molar refractivity (Wildman–Crippen MR) is 163 cm³/mol. The lowest BCUT2D eigenvalue weighted by atomic mass is 9.87. The number of hydrogen-bond donors (Lipinski definition) is 1. The van der Waals surface area contributed by atoms with Gasteiger partial charge in [0.25, 0.3) is 0 Å². The molecule has 1 N–H and O–H groups in total. The highest BCUT2D eigenvalue weighted by Gasteiger charge is 2.32. The first-order valence-corrected chi connectivity index (χ1v) is 14.7. The van der Waals surface area contributed by atoms with Gasteiger partial charge in [0.1, 0.15) is 6.04 Å². The van der Waals surface area contributed by atoms with Gasteiger partial charge in [0.2, 0.25) is 5.91 Å². The number of Topliss-reactive ketones (excluding diaryl/α,β-unsaturated/α-hetero) is 1. The molecule has 1 unspecified atom stereocenters. The van der Waals surface area contributed by atoms with Crippen LogP contribution in [0.25, 0.3) is 11.1 Å². The van der Waals surface area contributed by atoms with E-state index in [1.807, 2.05) is 49.4 Å². The summed E-state index contributed by atoms with van der Waals surface area (Å²) in [5.41, 5.74) is 4.05. The van der Waals surface area contributed by atoms with Crippen LogP contribution in [-0.4, -0.2) is 36.2 Å². The summed E-state index contributed by atoms with van der Waals surface area (Å²) in [5.74, 6) is 0.307. The van der Waals surface area contributed by atoms with Crippen molar-refractivity contribution in [3.8, 4) is 11.1 Å². The number of alkyl halides is 3. The summed E-state index contributed by atoms with van der Waals surface area (Å²) >= 11 is 0. The number of nitrogens with one attached hydrogen (secondary N) is 1. The zero-order valence-electron chi connectivity index (χ0n) is 24.1. The number of ketones is 1. The van der Waals surface area contributed by atoms with Crippen LogP contribution in [0, 0.1) is 0 Å². The van der Waals surface area contributed by atoms with E-state index in [1.165, 1.54) is 17.7 Å². The van der Waals surface area contributed by atoms with Gasteiger partial charge in [-0.15, -0.1) is 0 Å². The molecule has 4 nitrogen and oxygen atoms in total. The Labute approximate surface area is 250 Å². The van der Waals surface area contributed by atoms with Gasteiger partial charge < -0.3 is 5.32 Å². The third-order valence-electron chi connectivity index (χ3n) is 8.18. The first kappa shape index (κ1) is 30.2. The van der Waals surface area contributed by atoms with Gasteiger partial charge in [-0.25, -0.2) is 0 Å². The van der Waals surface area contributed by atoms with E-state index >= 15 is 0 Å². The van der Waals surface area contributed by atoms with Crippen LogP contribution in [0.5, 0.6) is 0 Å². The molecular weight excluding hydrogens is 549 g/mol. The highest BCUT2D eigenvalue weighted by Crippen LogP contribution is 2.34. The van der Waals surface area contributed by atoms with Crippen LogP contribution < -0.4 is 5.32 Å². The van der Waals surface area contributed by atoms with E-state index in [0.29, 0.717) is 29.2 Å². The van der Waals surface area contributed by atoms with Crippen molar-refractivity contribution >= 4 is 11.7 Å². The lowest BCUT2D eigenvalue weighted by Crippen LogP contribution is -2.44. The zero-order valence-corrected chi connectivity index (χ0v) is 24.1. The molecule has 1 atom stereocenters. The molecule has 0 bridgehead atoms. The van der Waals surface area contributed by atoms with Gasteiger partial charge in [0.15, 0.2) is 5.78 Å². The average molecular weight is 585 g/mol. The molecule has 4 aromatic carbocycles. The fourth-order valence-electron chi connectivity index (χ4n) is 5.93. The fourth-order valence-corrected chi connectivity index (χ4v) is 5.93. The molecule has 1 aliphatic heterocycles. The highest BCUT2D eigenvalue weighted by atomic mass is 19.4. The molecule has 4 aromatic rings. The van der Waals surface area contributed by atoms with Gasteiger partial charge >= 0.3 is 6.18 Å². The Bertz CT molecular complexity index is 1530. The summed E-state index contributed by atoms with van der Waals surface area (Å²) in [6, 6.07) is 29.7. The summed E-state index contributed by atoms with van der Waals surface area (Å²) in [7, 11) is 0. The number of likely N-dealkylation sites (N-methyl/N-ethyl adjacent to an activating group) is 1. The van der Waals surface area contributed by atoms with E-state index in [1.54, 1.807) is 24.3 Å². The van der Waals surface area contributed by atoms with Crippen LogP contribution in [0.4, 0.5) is 13.2 Å². The molecule has 0 aromatic heterocycles. The number of carbonyl (C=O) groups excluding carboxylic acids is 2. The van der Waals surface area contributed by atoms with Crippen LogP contribution in [0.15, 0.2) is 103 Å². The van der Waals surface area contributed by atoms with Gasteiger partial charge in [-0.3, -0.25) is 14.5 Å². The van der Waals surface area contributed by atoms with Gasteiger partial charge in [-0.05, 0) is 78.7 Å². The number of halogens is 3. The lowest BCUT2D eigenvalue weighted by molar-refractivity contribution is -0.137. The molecule has 1 heterocycles. The van der Waals surface area contributed by atoms with Crippen molar-refractivity contribution in [3.63, 3.8) is 0 Å². The minimum absolute atomic E-state index is 0.0288. The highest BCUT2D eigenvalue weighted by molar-refractivity contribution is 6.03. The molecule has 43 heavy (non-hydrogen) atoms. The van der Waals surface area contributed by atoms with Crippen molar-refractivity contribution in [1.29, 1.82) is 0 Å². The van der Waals surface area contributed by atoms with E-state index in [0.717, 1.165) is 49.2 Å². The second-order valence-corrected chi connectivity index (χ2v) is 11.0. The summed E-state index contributed by atoms with van der Waals surface area (Å²) < 4.78 is 39.0. The maximum absolute atomic E-state index is 13.3. The Morgan fingerprint density at radius 1 is 0.837 bits per heavy atom. The molecule has 7 heteroatoms. The first-order valence-electron chi connectivity index (χ1n) is 14.7. The largest absolute Gasteiger partial charge is 0.416 e. The summed E-state index contributed by atoms with van der Waals surface area (Å²) in [5, 5.41) is 2.99. The maximum Gasteiger partial charge on any atom is 0.416 e. The van der Waals surface area contributed by atoms with Gasteiger partial charge in [0, 0.05) is 18.5 Å². The monoisotopic (exact) mass is 584 g/mol. The number of piperidine rings is 1. The molecule has 0 spiro atoms. The first-order chi connectivity index (χ1) is 20.7. The molecule has 1 saturated heterocycles. The van der Waals surface area contributed by atoms with E-state index in [2.05, 4.69) is 22.3 Å². The Morgan fingerprint density at radius 2 is 1.47 bits per heavy atom. The topological polar surface area (TPSA) is 49.4 Å². The molecule has 1 fully saturated rings. The maximum atomic E-state index is 13.3. The lowest BCUT2D eigenvalue weighted by Gasteiger charge is -2.37. The van der Waals surface area contributed by atoms with E-state index < -0.39 is 11.7 Å². The Balaban J connectivity index is 1.23. The number of carbonyl (C=O) groups is 2. The smallest absolute Gasteiger partial charge is 0.355 e. The number of benzene rings is 4. The van der Waals surface area contributed by atoms with Crippen LogP contribution in [0.3, 0.4) is 0 Å². The Morgan fingerprint density at radius 3 is 2.09 bits per heavy atom. The quantitative estimate of drug-likeness (QED) is 0.204. The number of nitrogens with zero attached hydrogens (tertiary/aromatic N) is 1. The summed E-state index contributed by atoms with van der Waals surface area (Å²) in [4.78, 5) is 28.5. The normalized spacial score (nSPS) is 15.2. The van der Waals surface area contributed by atoms with E-state index in [4.69, 9.17) is 0 Å². The van der Waals surface area contributed by atoms with Gasteiger partial charge in [-0.1, -0.05) is 91.0 Å². The minimum atomic E-state index is -4.41. The molecule has 222 valence electrons. The Kier molecular flexibility index (Phi) is 9.41. The van der Waals surface area contributed by atoms with Gasteiger partial charge in [-0.2, -0.15) is 13.2 Å². The number of likely N-dealkylation sites (tertiary alicyclic amines) is 1. The summed E-state index contributed by atoms with van der Waals surface area (Å²) in [6.45, 7) is 4.14. The molecule has 0 radical (unpaired) electrons. The van der Waals surface area contributed by atoms with Crippen molar-refractivity contribution < 1.29 is 22.8 Å². The van der Waals surface area contributed by atoms with Crippen LogP contribution in [0.2, 0.25) is 0 Å². The molecule has 5 rings (SSSR count). The van der Waals surface area contributed by atoms with Crippen molar-refractivity contribution in [2.45, 2.75) is 44.3 Å². The third-order valence-corrected chi connectivity index (χ3v) is 8.18. The van der Waals surface area contributed by atoms with Crippen molar-refractivity contribution in [1.82, 2.24) is 10.2 Å². The SMILES string of the molecule is CCNC(=O)C(c1ccccc1)N1CCC(c2ccc(CC(=O)c3ccccc3-c3ccc(C(F)(F)F)cc3)cc2)CC1. The number of amides is 1. The minimum Gasteiger partial charge on any atom is -0.355 e. The van der Waals surface area contributed by atoms with Crippen molar-refractivity contribution in [2.75, 3.05) is 19.6 Å². The standard InChI is InChI=1S/C36H35F3N2O2/c1-2-40-35(43)34(29-8-4-3-5-9-29)41-22-20-27(21-23-41)26-14-12-25(13-15-26)24-33(42)32-11-7-6-10-31(32)28-16-18-30(19-17-28)36(37,38)39/h3-19,27,34H,2,20-24H2,1H3,(H,40,43). The zero-order chi connectivity index (χ0) is 30.4. The second-order valence-electron chi connectivity index (χ2n) is 11.0. The van der Waals surface area contributed by atoms with Crippen LogP contribution in [-0.2, 0) is 17.4 Å². The number of rotatable bonds is 9. The number of hydrogen-bond acceptors (Lipinski definition) is 3. The van der Waals surface area contributed by atoms with Crippen molar-refractivity contribution in [2.24, 2.45) is 0 Å². The molecule has 0 saturated carbocycles. The average Bonchev–Trinajstić information content (AvgIpc) is 3.02. The second kappa shape index (κ2) is 13.4. The van der Waals surface area contributed by atoms with Crippen LogP contribution in [0.1, 0.15) is 64.3 Å². The third kappa shape index (κ3) is 7.23. The fraction of sp³-hybridized carbons (Fsp3) is 0.278. The van der Waals surface area contributed by atoms with Gasteiger partial charge in [0.05, 0.1) is 5.56 Å². The predicted octanol–water partition coefficient (Wildman–Crippen LogP) is 7.85. The molecule has 1 aliphatic rings. The Hall–Kier alpha value is -4.23. The molecular formula is C36H35F3N2O2. The van der Waals surface area contributed by atoms with Crippen LogP contribution >= 0.6 is 0 Å². The summed E-state index contributed by atoms with van der Waals surface area (Å²) in [6.07, 6.45) is -2.35. The van der Waals surface area contributed by atoms with Crippen molar-refractivity contribution in [3.05, 3.63) is 131 Å². The molecule has 1 amide bonds. The molecule has 0 aliphatic carbocycles. The van der Waals surface area contributed by atoms with E-state index in [-0.39, 0.29) is 24.2 Å².